The second-order valence-corrected chi connectivity index (χ2v) is 16.7. The molecule has 2 aromatic heterocycles. The first-order valence-electron chi connectivity index (χ1n) is 20.9. The van der Waals surface area contributed by atoms with Crippen LogP contribution in [-0.4, -0.2) is 99.7 Å². The van der Waals surface area contributed by atoms with Gasteiger partial charge < -0.3 is 20.0 Å². The van der Waals surface area contributed by atoms with E-state index in [4.69, 9.17) is 4.98 Å². The molecular formula is C44H51N9O5. The van der Waals surface area contributed by atoms with Crippen molar-refractivity contribution in [3.63, 3.8) is 0 Å². The molecule has 0 radical (unpaired) electrons. The quantitative estimate of drug-likeness (QED) is 0.175. The van der Waals surface area contributed by atoms with Gasteiger partial charge in [0.2, 0.25) is 17.8 Å². The molecule has 1 saturated carbocycles. The van der Waals surface area contributed by atoms with Crippen molar-refractivity contribution in [2.45, 2.75) is 83.8 Å². The molecule has 302 valence electrons. The lowest BCUT2D eigenvalue weighted by Gasteiger charge is -2.40. The van der Waals surface area contributed by atoms with Gasteiger partial charge in [0.25, 0.3) is 11.5 Å². The standard InChI is InChI=1S/C44H51N9O5/c1-27-36-24-45-44(48-40(36)53(33-5-3-4-6-33)43(58)39(27)28(2)54)46-31-8-11-32(12-9-31)51-21-19-49(20-22-51)25-29-15-17-50(18-16-29)34-10-7-30-26-52(42(57)35(30)23-34)37-13-14-38(55)47-41(37)56/h7-12,23-24,29,33,37H,3-6,13-22,25-26H2,1-2H3,(H,45,46,48)(H,47,55,56). The number of nitrogens with zero attached hydrogens (tertiary/aromatic N) is 7. The summed E-state index contributed by atoms with van der Waals surface area (Å²) < 4.78 is 1.74. The molecule has 58 heavy (non-hydrogen) atoms. The van der Waals surface area contributed by atoms with E-state index in [-0.39, 0.29) is 47.1 Å². The lowest BCUT2D eigenvalue weighted by Crippen LogP contribution is -2.52. The molecule has 0 spiro atoms. The first-order chi connectivity index (χ1) is 28.1. The summed E-state index contributed by atoms with van der Waals surface area (Å²) in [4.78, 5) is 82.0. The van der Waals surface area contributed by atoms with Crippen molar-refractivity contribution in [3.05, 3.63) is 81.3 Å². The summed E-state index contributed by atoms with van der Waals surface area (Å²) in [6.07, 6.45) is 8.46. The fraction of sp³-hybridized carbons (Fsp3) is 0.477. The summed E-state index contributed by atoms with van der Waals surface area (Å²) in [6.45, 7) is 10.6. The Morgan fingerprint density at radius 1 is 0.862 bits per heavy atom. The fourth-order valence-electron chi connectivity index (χ4n) is 9.86. The van der Waals surface area contributed by atoms with Crippen LogP contribution in [0.5, 0.6) is 0 Å². The summed E-state index contributed by atoms with van der Waals surface area (Å²) in [5.74, 6) is 0.0294. The third-order valence-corrected chi connectivity index (χ3v) is 13.1. The van der Waals surface area contributed by atoms with Crippen LogP contribution >= 0.6 is 0 Å². The van der Waals surface area contributed by atoms with Gasteiger partial charge in [-0.2, -0.15) is 4.98 Å². The Labute approximate surface area is 337 Å². The van der Waals surface area contributed by atoms with Crippen LogP contribution in [0.2, 0.25) is 0 Å². The molecule has 3 saturated heterocycles. The Morgan fingerprint density at radius 3 is 2.28 bits per heavy atom. The molecule has 1 atom stereocenters. The first-order valence-corrected chi connectivity index (χ1v) is 20.9. The van der Waals surface area contributed by atoms with Gasteiger partial charge in [-0.25, -0.2) is 4.98 Å². The van der Waals surface area contributed by atoms with Crippen molar-refractivity contribution in [2.75, 3.05) is 60.9 Å². The van der Waals surface area contributed by atoms with Crippen molar-refractivity contribution in [1.29, 1.82) is 0 Å². The number of ketones is 1. The number of piperidine rings is 2. The van der Waals surface area contributed by atoms with Crippen LogP contribution in [0.1, 0.15) is 96.2 Å². The third-order valence-electron chi connectivity index (χ3n) is 13.1. The average molecular weight is 786 g/mol. The summed E-state index contributed by atoms with van der Waals surface area (Å²) in [7, 11) is 0. The Kier molecular flexibility index (Phi) is 10.2. The third kappa shape index (κ3) is 7.22. The molecule has 2 aromatic carbocycles. The number of anilines is 4. The second kappa shape index (κ2) is 15.6. The number of aromatic nitrogens is 3. The molecule has 14 nitrogen and oxygen atoms in total. The van der Waals surface area contributed by atoms with Gasteiger partial charge in [-0.05, 0) is 99.4 Å². The predicted octanol–water partition coefficient (Wildman–Crippen LogP) is 4.96. The van der Waals surface area contributed by atoms with Crippen LogP contribution in [-0.2, 0) is 16.1 Å². The van der Waals surface area contributed by atoms with Crippen molar-refractivity contribution in [3.8, 4) is 0 Å². The highest BCUT2D eigenvalue weighted by Crippen LogP contribution is 2.34. The maximum absolute atomic E-state index is 13.6. The number of imide groups is 1. The van der Waals surface area contributed by atoms with Gasteiger partial charge in [0.05, 0.1) is 5.56 Å². The smallest absolute Gasteiger partial charge is 0.263 e. The minimum atomic E-state index is -0.597. The van der Waals surface area contributed by atoms with Gasteiger partial charge in [-0.3, -0.25) is 38.8 Å². The summed E-state index contributed by atoms with van der Waals surface area (Å²) in [5, 5.41) is 6.46. The molecule has 6 heterocycles. The lowest BCUT2D eigenvalue weighted by molar-refractivity contribution is -0.136. The monoisotopic (exact) mass is 785 g/mol. The van der Waals surface area contributed by atoms with E-state index < -0.39 is 6.04 Å². The van der Waals surface area contributed by atoms with E-state index in [1.54, 1.807) is 15.7 Å². The minimum Gasteiger partial charge on any atom is -0.371 e. The lowest BCUT2D eigenvalue weighted by atomic mass is 9.95. The summed E-state index contributed by atoms with van der Waals surface area (Å²) in [6, 6.07) is 13.9. The zero-order chi connectivity index (χ0) is 40.1. The van der Waals surface area contributed by atoms with Crippen LogP contribution in [0.15, 0.2) is 53.5 Å². The van der Waals surface area contributed by atoms with Gasteiger partial charge in [-0.1, -0.05) is 18.9 Å². The molecule has 1 aliphatic carbocycles. The first kappa shape index (κ1) is 37.9. The van der Waals surface area contributed by atoms with Gasteiger partial charge in [-0.15, -0.1) is 0 Å². The number of nitrogens with one attached hydrogen (secondary N) is 2. The summed E-state index contributed by atoms with van der Waals surface area (Å²) >= 11 is 0. The minimum absolute atomic E-state index is 0.0310. The van der Waals surface area contributed by atoms with Crippen LogP contribution in [0.3, 0.4) is 0 Å². The van der Waals surface area contributed by atoms with Crippen molar-refractivity contribution in [1.82, 2.24) is 29.7 Å². The van der Waals surface area contributed by atoms with Crippen LogP contribution in [0, 0.1) is 12.8 Å². The summed E-state index contributed by atoms with van der Waals surface area (Å²) in [5.41, 5.74) is 5.89. The molecule has 1 unspecified atom stereocenters. The highest BCUT2D eigenvalue weighted by Gasteiger charge is 2.39. The molecule has 2 N–H and O–H groups in total. The number of Topliss-reactive ketones (excluding diaryl/α,β-unsaturated/α-hetero) is 1. The van der Waals surface area contributed by atoms with Crippen LogP contribution in [0.25, 0.3) is 11.0 Å². The number of hydrogen-bond acceptors (Lipinski definition) is 11. The maximum atomic E-state index is 13.6. The maximum Gasteiger partial charge on any atom is 0.263 e. The Bertz CT molecular complexity index is 2340. The van der Waals surface area contributed by atoms with Gasteiger partial charge >= 0.3 is 0 Å². The van der Waals surface area contributed by atoms with Crippen molar-refractivity contribution < 1.29 is 19.2 Å². The average Bonchev–Trinajstić information content (AvgIpc) is 3.87. The number of carbonyl (C=O) groups is 4. The molecular weight excluding hydrogens is 735 g/mol. The molecule has 3 amide bonds. The molecule has 14 heteroatoms. The Hall–Kier alpha value is -5.63. The van der Waals surface area contributed by atoms with E-state index in [1.165, 1.54) is 12.6 Å². The van der Waals surface area contributed by atoms with Gasteiger partial charge in [0.1, 0.15) is 11.7 Å². The van der Waals surface area contributed by atoms with E-state index in [0.29, 0.717) is 41.6 Å². The number of fused-ring (bicyclic) bond motifs is 2. The number of hydrogen-bond donors (Lipinski definition) is 2. The van der Waals surface area contributed by atoms with E-state index in [9.17, 15) is 24.0 Å². The van der Waals surface area contributed by atoms with Gasteiger partial charge in [0.15, 0.2) is 5.78 Å². The van der Waals surface area contributed by atoms with Crippen molar-refractivity contribution in [2.24, 2.45) is 5.92 Å². The van der Waals surface area contributed by atoms with E-state index in [0.717, 1.165) is 107 Å². The molecule has 4 aromatic rings. The number of piperazine rings is 1. The normalized spacial score (nSPS) is 20.9. The Morgan fingerprint density at radius 2 is 1.57 bits per heavy atom. The highest BCUT2D eigenvalue weighted by atomic mass is 16.2. The number of amides is 3. The van der Waals surface area contributed by atoms with Crippen molar-refractivity contribution >= 4 is 57.5 Å². The second-order valence-electron chi connectivity index (χ2n) is 16.7. The number of benzene rings is 2. The largest absolute Gasteiger partial charge is 0.371 e. The molecule has 4 fully saturated rings. The molecule has 9 rings (SSSR count). The molecule has 5 aliphatic rings. The topological polar surface area (TPSA) is 153 Å². The zero-order valence-electron chi connectivity index (χ0n) is 33.3. The predicted molar refractivity (Wildman–Crippen MR) is 222 cm³/mol. The Balaban J connectivity index is 0.768. The number of aryl methyl sites for hydroxylation is 1. The molecule has 0 bridgehead atoms. The van der Waals surface area contributed by atoms with E-state index in [2.05, 4.69) is 48.5 Å². The highest BCUT2D eigenvalue weighted by molar-refractivity contribution is 6.05. The number of pyridine rings is 1. The van der Waals surface area contributed by atoms with E-state index >= 15 is 0 Å². The number of rotatable bonds is 9. The van der Waals surface area contributed by atoms with Gasteiger partial charge in [0, 0.05) is 99.0 Å². The molecule has 4 aliphatic heterocycles. The number of carbonyl (C=O) groups excluding carboxylic acids is 4. The SMILES string of the molecule is CC(=O)c1c(C)c2cnc(Nc3ccc(N4CCN(CC5CCN(c6ccc7c(c6)C(=O)N(C6CCC(=O)NC6=O)C7)CC5)CC4)cc3)nc2n(C2CCCC2)c1=O. The zero-order valence-corrected chi connectivity index (χ0v) is 33.3. The van der Waals surface area contributed by atoms with Crippen LogP contribution < -0.4 is 26.0 Å². The van der Waals surface area contributed by atoms with E-state index in [1.807, 2.05) is 31.2 Å². The van der Waals surface area contributed by atoms with Crippen LogP contribution in [0.4, 0.5) is 23.0 Å². The fourth-order valence-corrected chi connectivity index (χ4v) is 9.86.